The van der Waals surface area contributed by atoms with Gasteiger partial charge in [-0.3, -0.25) is 4.98 Å². The maximum absolute atomic E-state index is 4.88. The van der Waals surface area contributed by atoms with Crippen molar-refractivity contribution >= 4 is 22.8 Å². The van der Waals surface area contributed by atoms with Crippen LogP contribution in [-0.4, -0.2) is 20.3 Å². The molecule has 1 aromatic carbocycles. The fraction of sp³-hybridized carbons (Fsp3) is 0.429. The molecule has 2 aromatic heterocycles. The third-order valence-electron chi connectivity index (χ3n) is 4.64. The van der Waals surface area contributed by atoms with Crippen LogP contribution in [0.4, 0.5) is 0 Å². The summed E-state index contributed by atoms with van der Waals surface area (Å²) in [7, 11) is 0. The largest absolute Gasteiger partial charge is 0.328 e. The molecule has 0 amide bonds. The molecule has 0 N–H and O–H groups in total. The fourth-order valence-electron chi connectivity index (χ4n) is 3.13. The summed E-state index contributed by atoms with van der Waals surface area (Å²) in [4.78, 5) is 10.7. The smallest absolute Gasteiger partial charge is 0.109 e. The summed E-state index contributed by atoms with van der Waals surface area (Å²) in [5, 5.41) is 0. The Kier molecular flexibility index (Phi) is 6.14. The van der Waals surface area contributed by atoms with E-state index in [0.717, 1.165) is 36.3 Å². The van der Waals surface area contributed by atoms with Gasteiger partial charge in [-0.25, -0.2) is 4.98 Å². The van der Waals surface area contributed by atoms with Gasteiger partial charge in [0.1, 0.15) is 11.3 Å². The third-order valence-corrected chi connectivity index (χ3v) is 5.74. The number of fused-ring (bicyclic) bond motifs is 1. The van der Waals surface area contributed by atoms with E-state index in [1.807, 2.05) is 18.0 Å². The normalized spacial score (nSPS) is 11.3. The van der Waals surface area contributed by atoms with Crippen molar-refractivity contribution in [2.45, 2.75) is 57.9 Å². The number of imidazole rings is 1. The first-order valence-electron chi connectivity index (χ1n) is 9.20. The van der Waals surface area contributed by atoms with Gasteiger partial charge in [-0.2, -0.15) is 0 Å². The zero-order chi connectivity index (χ0) is 17.6. The maximum atomic E-state index is 4.88. The van der Waals surface area contributed by atoms with Crippen LogP contribution in [0.15, 0.2) is 41.4 Å². The van der Waals surface area contributed by atoms with Gasteiger partial charge in [0.05, 0.1) is 11.7 Å². The van der Waals surface area contributed by atoms with Crippen molar-refractivity contribution in [3.05, 3.63) is 53.6 Å². The molecule has 0 fully saturated rings. The number of nitrogens with zero attached hydrogens (tertiary/aromatic N) is 3. The van der Waals surface area contributed by atoms with Crippen LogP contribution in [0.3, 0.4) is 0 Å². The first-order valence-corrected chi connectivity index (χ1v) is 10.2. The van der Waals surface area contributed by atoms with Crippen LogP contribution in [0.25, 0.3) is 11.0 Å². The zero-order valence-electron chi connectivity index (χ0n) is 15.5. The minimum absolute atomic E-state index is 1.03. The summed E-state index contributed by atoms with van der Waals surface area (Å²) < 4.78 is 2.44. The molecule has 0 bridgehead atoms. The Morgan fingerprint density at radius 2 is 1.88 bits per heavy atom. The molecular formula is C21H27N3S. The highest BCUT2D eigenvalue weighted by Crippen LogP contribution is 2.24. The second kappa shape index (κ2) is 8.52. The summed E-state index contributed by atoms with van der Waals surface area (Å²) in [5.74, 6) is 2.34. The Morgan fingerprint density at radius 3 is 2.64 bits per heavy atom. The van der Waals surface area contributed by atoms with Gasteiger partial charge in [0, 0.05) is 23.6 Å². The standard InChI is InChI=1S/C21H27N3S/c1-4-5-12-20-23-19-15-22-17(3)16(2)21(19)24(20)13-9-14-25-18-10-7-6-8-11-18/h6-8,10-11,15H,4-5,9,12-14H2,1-3H3. The van der Waals surface area contributed by atoms with Crippen LogP contribution in [0.1, 0.15) is 43.3 Å². The van der Waals surface area contributed by atoms with Gasteiger partial charge in [0.25, 0.3) is 0 Å². The average molecular weight is 354 g/mol. The summed E-state index contributed by atoms with van der Waals surface area (Å²) in [5.41, 5.74) is 4.70. The van der Waals surface area contributed by atoms with Crippen LogP contribution < -0.4 is 0 Å². The summed E-state index contributed by atoms with van der Waals surface area (Å²) in [6.07, 6.45) is 6.51. The van der Waals surface area contributed by atoms with E-state index in [1.54, 1.807) is 0 Å². The van der Waals surface area contributed by atoms with E-state index in [9.17, 15) is 0 Å². The van der Waals surface area contributed by atoms with Gasteiger partial charge in [-0.05, 0) is 50.1 Å². The highest BCUT2D eigenvalue weighted by Gasteiger charge is 2.14. The molecule has 4 heteroatoms. The molecule has 0 radical (unpaired) electrons. The molecule has 0 aliphatic carbocycles. The topological polar surface area (TPSA) is 30.7 Å². The molecule has 3 nitrogen and oxygen atoms in total. The predicted octanol–water partition coefficient (Wildman–Crippen LogP) is 5.57. The Balaban J connectivity index is 1.76. The minimum Gasteiger partial charge on any atom is -0.328 e. The molecule has 0 saturated carbocycles. The van der Waals surface area contributed by atoms with Crippen molar-refractivity contribution in [2.75, 3.05) is 5.75 Å². The Bertz CT molecular complexity index is 824. The van der Waals surface area contributed by atoms with Crippen molar-refractivity contribution in [3.8, 4) is 0 Å². The number of rotatable bonds is 8. The third kappa shape index (κ3) is 4.24. The molecular weight excluding hydrogens is 326 g/mol. The summed E-state index contributed by atoms with van der Waals surface area (Å²) in [6, 6.07) is 10.6. The lowest BCUT2D eigenvalue weighted by Crippen LogP contribution is -2.06. The number of benzene rings is 1. The van der Waals surface area contributed by atoms with Crippen molar-refractivity contribution < 1.29 is 0 Å². The van der Waals surface area contributed by atoms with Gasteiger partial charge in [-0.15, -0.1) is 11.8 Å². The zero-order valence-corrected chi connectivity index (χ0v) is 16.3. The Morgan fingerprint density at radius 1 is 1.08 bits per heavy atom. The number of hydrogen-bond donors (Lipinski definition) is 0. The fourth-order valence-corrected chi connectivity index (χ4v) is 3.99. The number of aryl methyl sites for hydroxylation is 4. The highest BCUT2D eigenvalue weighted by atomic mass is 32.2. The molecule has 2 heterocycles. The minimum atomic E-state index is 1.03. The predicted molar refractivity (Wildman–Crippen MR) is 107 cm³/mol. The van der Waals surface area contributed by atoms with E-state index in [2.05, 4.69) is 60.7 Å². The molecule has 132 valence electrons. The summed E-state index contributed by atoms with van der Waals surface area (Å²) >= 11 is 1.93. The Labute approximate surface area is 154 Å². The number of pyridine rings is 1. The van der Waals surface area contributed by atoms with Gasteiger partial charge in [0.2, 0.25) is 0 Å². The van der Waals surface area contributed by atoms with Crippen molar-refractivity contribution in [1.82, 2.24) is 14.5 Å². The van der Waals surface area contributed by atoms with Crippen LogP contribution in [-0.2, 0) is 13.0 Å². The van der Waals surface area contributed by atoms with E-state index in [-0.39, 0.29) is 0 Å². The van der Waals surface area contributed by atoms with Crippen LogP contribution >= 0.6 is 11.8 Å². The van der Waals surface area contributed by atoms with E-state index < -0.39 is 0 Å². The number of thioether (sulfide) groups is 1. The first kappa shape index (κ1) is 18.0. The molecule has 0 spiro atoms. The van der Waals surface area contributed by atoms with Crippen molar-refractivity contribution in [1.29, 1.82) is 0 Å². The number of hydrogen-bond acceptors (Lipinski definition) is 3. The molecule has 3 rings (SSSR count). The lowest BCUT2D eigenvalue weighted by molar-refractivity contribution is 0.636. The average Bonchev–Trinajstić information content (AvgIpc) is 2.99. The van der Waals surface area contributed by atoms with Crippen LogP contribution in [0.2, 0.25) is 0 Å². The lowest BCUT2D eigenvalue weighted by Gasteiger charge is -2.11. The SMILES string of the molecule is CCCCc1nc2cnc(C)c(C)c2n1CCCSc1ccccc1. The quantitative estimate of drug-likeness (QED) is 0.391. The van der Waals surface area contributed by atoms with E-state index in [1.165, 1.54) is 34.6 Å². The van der Waals surface area contributed by atoms with Gasteiger partial charge in [0.15, 0.2) is 0 Å². The van der Waals surface area contributed by atoms with E-state index >= 15 is 0 Å². The molecule has 25 heavy (non-hydrogen) atoms. The molecule has 0 saturated heterocycles. The second-order valence-corrected chi connectivity index (χ2v) is 7.67. The van der Waals surface area contributed by atoms with Gasteiger partial charge >= 0.3 is 0 Å². The number of aromatic nitrogens is 3. The van der Waals surface area contributed by atoms with Crippen molar-refractivity contribution in [3.63, 3.8) is 0 Å². The van der Waals surface area contributed by atoms with E-state index in [0.29, 0.717) is 0 Å². The van der Waals surface area contributed by atoms with Crippen LogP contribution in [0.5, 0.6) is 0 Å². The lowest BCUT2D eigenvalue weighted by atomic mass is 10.2. The molecule has 3 aromatic rings. The molecule has 0 atom stereocenters. The van der Waals surface area contributed by atoms with Gasteiger partial charge < -0.3 is 4.57 Å². The monoisotopic (exact) mass is 353 g/mol. The van der Waals surface area contributed by atoms with Crippen LogP contribution in [0, 0.1) is 13.8 Å². The summed E-state index contributed by atoms with van der Waals surface area (Å²) in [6.45, 7) is 7.52. The molecule has 0 unspecified atom stereocenters. The van der Waals surface area contributed by atoms with Gasteiger partial charge in [-0.1, -0.05) is 31.5 Å². The van der Waals surface area contributed by atoms with E-state index in [4.69, 9.17) is 4.98 Å². The second-order valence-electron chi connectivity index (χ2n) is 6.50. The maximum Gasteiger partial charge on any atom is 0.109 e. The van der Waals surface area contributed by atoms with Crippen molar-refractivity contribution in [2.24, 2.45) is 0 Å². The Hall–Kier alpha value is -1.81. The number of unbranched alkanes of at least 4 members (excludes halogenated alkanes) is 1. The molecule has 0 aliphatic rings. The highest BCUT2D eigenvalue weighted by molar-refractivity contribution is 7.99. The first-order chi connectivity index (χ1) is 12.2. The molecule has 0 aliphatic heterocycles.